The molecule has 2 aromatic carbocycles. The molecule has 0 saturated carbocycles. The molecule has 0 bridgehead atoms. The van der Waals surface area contributed by atoms with E-state index in [1.165, 1.54) is 41.5 Å². The van der Waals surface area contributed by atoms with Gasteiger partial charge in [-0.25, -0.2) is 8.78 Å². The number of amides is 2. The summed E-state index contributed by atoms with van der Waals surface area (Å²) < 4.78 is 32.2. The van der Waals surface area contributed by atoms with E-state index in [0.29, 0.717) is 18.7 Å². The molecule has 0 aliphatic carbocycles. The zero-order chi connectivity index (χ0) is 22.2. The Morgan fingerprint density at radius 1 is 0.903 bits per heavy atom. The standard InChI is InChI=1S/C24H24F2N2O3/c1-2-12-27(24(30)19-5-3-6-21(26)14-19)17-23(29)28(16-22-7-4-13-31-22)15-18-8-10-20(25)11-9-18/h3-11,13-14H,2,12,15-17H2,1H3. The molecule has 1 heterocycles. The minimum atomic E-state index is -0.510. The Bertz CT molecular complexity index is 1000. The van der Waals surface area contributed by atoms with Gasteiger partial charge in [0.05, 0.1) is 12.8 Å². The van der Waals surface area contributed by atoms with E-state index in [1.807, 2.05) is 6.92 Å². The summed E-state index contributed by atoms with van der Waals surface area (Å²) in [6.07, 6.45) is 2.16. The highest BCUT2D eigenvalue weighted by atomic mass is 19.1. The molecule has 162 valence electrons. The quantitative estimate of drug-likeness (QED) is 0.501. The van der Waals surface area contributed by atoms with Crippen molar-refractivity contribution < 1.29 is 22.8 Å². The fourth-order valence-electron chi connectivity index (χ4n) is 3.22. The van der Waals surface area contributed by atoms with E-state index in [1.54, 1.807) is 29.2 Å². The van der Waals surface area contributed by atoms with Crippen LogP contribution in [0, 0.1) is 11.6 Å². The Labute approximate surface area is 179 Å². The van der Waals surface area contributed by atoms with Crippen molar-refractivity contribution in [3.8, 4) is 0 Å². The summed E-state index contributed by atoms with van der Waals surface area (Å²) in [5, 5.41) is 0. The number of nitrogens with zero attached hydrogens (tertiary/aromatic N) is 2. The third kappa shape index (κ3) is 6.25. The van der Waals surface area contributed by atoms with Crippen molar-refractivity contribution in [2.75, 3.05) is 13.1 Å². The smallest absolute Gasteiger partial charge is 0.254 e. The maximum absolute atomic E-state index is 13.6. The molecule has 0 atom stereocenters. The van der Waals surface area contributed by atoms with E-state index in [-0.39, 0.29) is 36.9 Å². The predicted octanol–water partition coefficient (Wildman–Crippen LogP) is 4.64. The van der Waals surface area contributed by atoms with Crippen LogP contribution in [0.2, 0.25) is 0 Å². The average molecular weight is 426 g/mol. The van der Waals surface area contributed by atoms with Gasteiger partial charge in [0.1, 0.15) is 23.9 Å². The second-order valence-corrected chi connectivity index (χ2v) is 7.19. The number of carbonyl (C=O) groups excluding carboxylic acids is 2. The van der Waals surface area contributed by atoms with Crippen LogP contribution in [0.4, 0.5) is 8.78 Å². The van der Waals surface area contributed by atoms with Crippen LogP contribution in [0.25, 0.3) is 0 Å². The summed E-state index contributed by atoms with van der Waals surface area (Å²) in [4.78, 5) is 29.0. The first-order valence-corrected chi connectivity index (χ1v) is 10.1. The van der Waals surface area contributed by atoms with Gasteiger partial charge in [-0.05, 0) is 54.4 Å². The first-order chi connectivity index (χ1) is 15.0. The zero-order valence-corrected chi connectivity index (χ0v) is 17.3. The van der Waals surface area contributed by atoms with Gasteiger partial charge in [0.2, 0.25) is 5.91 Å². The van der Waals surface area contributed by atoms with Gasteiger partial charge in [-0.1, -0.05) is 25.1 Å². The van der Waals surface area contributed by atoms with Gasteiger partial charge in [-0.15, -0.1) is 0 Å². The topological polar surface area (TPSA) is 53.8 Å². The number of hydrogen-bond acceptors (Lipinski definition) is 3. The van der Waals surface area contributed by atoms with Crippen molar-refractivity contribution >= 4 is 11.8 Å². The molecule has 0 radical (unpaired) electrons. The van der Waals surface area contributed by atoms with E-state index < -0.39 is 11.7 Å². The largest absolute Gasteiger partial charge is 0.467 e. The normalized spacial score (nSPS) is 10.7. The summed E-state index contributed by atoms with van der Waals surface area (Å²) in [6.45, 7) is 2.53. The van der Waals surface area contributed by atoms with Gasteiger partial charge in [-0.3, -0.25) is 9.59 Å². The summed E-state index contributed by atoms with van der Waals surface area (Å²) in [7, 11) is 0. The summed E-state index contributed by atoms with van der Waals surface area (Å²) in [5.41, 5.74) is 0.942. The monoisotopic (exact) mass is 426 g/mol. The lowest BCUT2D eigenvalue weighted by molar-refractivity contribution is -0.133. The molecule has 0 fully saturated rings. The van der Waals surface area contributed by atoms with Gasteiger partial charge in [0.15, 0.2) is 0 Å². The maximum Gasteiger partial charge on any atom is 0.254 e. The van der Waals surface area contributed by atoms with Crippen LogP contribution in [0.3, 0.4) is 0 Å². The maximum atomic E-state index is 13.6. The molecule has 2 amide bonds. The van der Waals surface area contributed by atoms with Crippen LogP contribution in [0.15, 0.2) is 71.3 Å². The molecule has 3 aromatic rings. The minimum Gasteiger partial charge on any atom is -0.467 e. The zero-order valence-electron chi connectivity index (χ0n) is 17.3. The summed E-state index contributed by atoms with van der Waals surface area (Å²) >= 11 is 0. The highest BCUT2D eigenvalue weighted by Crippen LogP contribution is 2.14. The van der Waals surface area contributed by atoms with E-state index in [4.69, 9.17) is 4.42 Å². The van der Waals surface area contributed by atoms with Crippen molar-refractivity contribution in [3.63, 3.8) is 0 Å². The molecular formula is C24H24F2N2O3. The Balaban J connectivity index is 1.78. The average Bonchev–Trinajstić information content (AvgIpc) is 3.27. The Morgan fingerprint density at radius 3 is 2.32 bits per heavy atom. The lowest BCUT2D eigenvalue weighted by Gasteiger charge is -2.27. The van der Waals surface area contributed by atoms with Crippen LogP contribution in [-0.4, -0.2) is 34.7 Å². The summed E-state index contributed by atoms with van der Waals surface area (Å²) in [5.74, 6) is -0.978. The van der Waals surface area contributed by atoms with Crippen molar-refractivity contribution in [3.05, 3.63) is 95.4 Å². The number of halogens is 2. The van der Waals surface area contributed by atoms with E-state index in [2.05, 4.69) is 0 Å². The van der Waals surface area contributed by atoms with Crippen molar-refractivity contribution in [2.24, 2.45) is 0 Å². The Hall–Kier alpha value is -3.48. The lowest BCUT2D eigenvalue weighted by Crippen LogP contribution is -2.42. The predicted molar refractivity (Wildman–Crippen MR) is 112 cm³/mol. The van der Waals surface area contributed by atoms with Crippen LogP contribution < -0.4 is 0 Å². The van der Waals surface area contributed by atoms with Crippen molar-refractivity contribution in [1.82, 2.24) is 9.80 Å². The SMILES string of the molecule is CCCN(CC(=O)N(Cc1ccc(F)cc1)Cc1ccco1)C(=O)c1cccc(F)c1. The van der Waals surface area contributed by atoms with Gasteiger partial charge >= 0.3 is 0 Å². The van der Waals surface area contributed by atoms with Gasteiger partial charge in [-0.2, -0.15) is 0 Å². The Morgan fingerprint density at radius 2 is 1.68 bits per heavy atom. The van der Waals surface area contributed by atoms with Gasteiger partial charge < -0.3 is 14.2 Å². The second-order valence-electron chi connectivity index (χ2n) is 7.19. The highest BCUT2D eigenvalue weighted by Gasteiger charge is 2.23. The van der Waals surface area contributed by atoms with Crippen LogP contribution in [0.1, 0.15) is 35.0 Å². The molecule has 0 aliphatic rings. The molecule has 31 heavy (non-hydrogen) atoms. The van der Waals surface area contributed by atoms with Crippen molar-refractivity contribution in [2.45, 2.75) is 26.4 Å². The van der Waals surface area contributed by atoms with Crippen LogP contribution in [-0.2, 0) is 17.9 Å². The van der Waals surface area contributed by atoms with Gasteiger partial charge in [0, 0.05) is 18.7 Å². The number of furan rings is 1. The first kappa shape index (κ1) is 22.2. The molecule has 0 N–H and O–H groups in total. The minimum absolute atomic E-state index is 0.162. The Kier molecular flexibility index (Phi) is 7.54. The molecule has 3 rings (SSSR count). The summed E-state index contributed by atoms with van der Waals surface area (Å²) in [6, 6.07) is 14.8. The number of hydrogen-bond donors (Lipinski definition) is 0. The molecule has 0 unspecified atom stereocenters. The first-order valence-electron chi connectivity index (χ1n) is 10.1. The highest BCUT2D eigenvalue weighted by molar-refractivity contribution is 5.96. The van der Waals surface area contributed by atoms with Gasteiger partial charge in [0.25, 0.3) is 5.91 Å². The number of benzene rings is 2. The molecule has 1 aromatic heterocycles. The van der Waals surface area contributed by atoms with Crippen molar-refractivity contribution in [1.29, 1.82) is 0 Å². The number of carbonyl (C=O) groups is 2. The molecule has 0 aliphatic heterocycles. The lowest BCUT2D eigenvalue weighted by atomic mass is 10.1. The molecular weight excluding hydrogens is 402 g/mol. The van der Waals surface area contributed by atoms with E-state index in [9.17, 15) is 18.4 Å². The fourth-order valence-corrected chi connectivity index (χ4v) is 3.22. The fraction of sp³-hybridized carbons (Fsp3) is 0.250. The molecule has 0 saturated heterocycles. The molecule has 5 nitrogen and oxygen atoms in total. The molecule has 0 spiro atoms. The van der Waals surface area contributed by atoms with E-state index >= 15 is 0 Å². The second kappa shape index (κ2) is 10.5. The number of rotatable bonds is 9. The van der Waals surface area contributed by atoms with Crippen LogP contribution in [0.5, 0.6) is 0 Å². The van der Waals surface area contributed by atoms with Crippen LogP contribution >= 0.6 is 0 Å². The van der Waals surface area contributed by atoms with E-state index in [0.717, 1.165) is 11.6 Å². The molecule has 7 heteroatoms. The third-order valence-corrected chi connectivity index (χ3v) is 4.74. The third-order valence-electron chi connectivity index (χ3n) is 4.74.